The fourth-order valence-electron chi connectivity index (χ4n) is 7.56. The Morgan fingerprint density at radius 1 is 0.492 bits per heavy atom. The lowest BCUT2D eigenvalue weighted by Crippen LogP contribution is -2.60. The maximum Gasteiger partial charge on any atom is 0.339 e. The zero-order valence-corrected chi connectivity index (χ0v) is 35.5. The quantitative estimate of drug-likeness (QED) is 0.0854. The van der Waals surface area contributed by atoms with E-state index in [0.717, 1.165) is 32.7 Å². The number of thioether (sulfide) groups is 1. The second-order valence-corrected chi connectivity index (χ2v) is 16.3. The normalized spacial score (nSPS) is 18.4. The monoisotopic (exact) mass is 855 g/mol. The number of ether oxygens (including phenoxy) is 5. The predicted molar refractivity (Wildman–Crippen MR) is 245 cm³/mol. The van der Waals surface area contributed by atoms with Crippen molar-refractivity contribution in [1.29, 1.82) is 0 Å². The summed E-state index contributed by atoms with van der Waals surface area (Å²) in [4.78, 5) is 29.4. The third kappa shape index (κ3) is 11.8. The van der Waals surface area contributed by atoms with Gasteiger partial charge in [0.1, 0.15) is 36.5 Å². The fraction of sp³-hybridized carbons (Fsp3) is 0.185. The molecule has 1 N–H and O–H groups in total. The van der Waals surface area contributed by atoms with Gasteiger partial charge < -0.3 is 29.0 Å². The predicted octanol–water partition coefficient (Wildman–Crippen LogP) is 10.6. The van der Waals surface area contributed by atoms with Crippen molar-refractivity contribution >= 4 is 23.6 Å². The first-order valence-corrected chi connectivity index (χ1v) is 22.0. The van der Waals surface area contributed by atoms with Gasteiger partial charge in [0, 0.05) is 4.90 Å². The van der Waals surface area contributed by atoms with Gasteiger partial charge in [-0.15, -0.1) is 0 Å². The molecular weight excluding hydrogens is 807 g/mol. The van der Waals surface area contributed by atoms with E-state index in [-0.39, 0.29) is 30.9 Å². The molecule has 0 unspecified atom stereocenters. The first-order valence-electron chi connectivity index (χ1n) is 21.1. The molecule has 318 valence electrons. The summed E-state index contributed by atoms with van der Waals surface area (Å²) >= 11 is 1.52. The minimum absolute atomic E-state index is 0.128. The summed E-state index contributed by atoms with van der Waals surface area (Å²) in [7, 11) is 0. The Kier molecular flexibility index (Phi) is 15.2. The highest BCUT2D eigenvalue weighted by Gasteiger charge is 2.49. The van der Waals surface area contributed by atoms with Crippen molar-refractivity contribution in [2.45, 2.75) is 60.6 Å². The van der Waals surface area contributed by atoms with Crippen LogP contribution in [0.25, 0.3) is 0 Å². The average Bonchev–Trinajstić information content (AvgIpc) is 3.35. The van der Waals surface area contributed by atoms with Gasteiger partial charge in [0.2, 0.25) is 0 Å². The number of amides is 1. The van der Waals surface area contributed by atoms with Crippen LogP contribution in [0.1, 0.15) is 54.6 Å². The third-order valence-electron chi connectivity index (χ3n) is 10.8. The van der Waals surface area contributed by atoms with E-state index >= 15 is 0 Å². The lowest BCUT2D eigenvalue weighted by Gasteiger charge is -2.45. The summed E-state index contributed by atoms with van der Waals surface area (Å²) in [6.45, 7) is 0.657. The molecule has 8 nitrogen and oxygen atoms in total. The van der Waals surface area contributed by atoms with Gasteiger partial charge in [0.15, 0.2) is 0 Å². The van der Waals surface area contributed by atoms with Gasteiger partial charge in [-0.1, -0.05) is 194 Å². The van der Waals surface area contributed by atoms with Crippen molar-refractivity contribution in [1.82, 2.24) is 5.32 Å². The van der Waals surface area contributed by atoms with Crippen LogP contribution >= 0.6 is 11.8 Å². The van der Waals surface area contributed by atoms with E-state index in [1.807, 2.05) is 182 Å². The van der Waals surface area contributed by atoms with E-state index in [1.54, 1.807) is 24.3 Å². The fourth-order valence-corrected chi connectivity index (χ4v) is 8.71. The Morgan fingerprint density at radius 3 is 1.41 bits per heavy atom. The Labute approximate surface area is 373 Å². The Morgan fingerprint density at radius 2 is 0.905 bits per heavy atom. The summed E-state index contributed by atoms with van der Waals surface area (Å²) < 4.78 is 33.6. The van der Waals surface area contributed by atoms with Crippen molar-refractivity contribution in [3.05, 3.63) is 245 Å². The molecule has 1 heterocycles. The first kappa shape index (κ1) is 43.3. The third-order valence-corrected chi connectivity index (χ3v) is 11.9. The zero-order chi connectivity index (χ0) is 43.1. The van der Waals surface area contributed by atoms with Crippen LogP contribution in [-0.2, 0) is 43.5 Å². The maximum atomic E-state index is 14.3. The van der Waals surface area contributed by atoms with Gasteiger partial charge in [0.25, 0.3) is 5.91 Å². The topological polar surface area (TPSA) is 92.3 Å². The average molecular weight is 856 g/mol. The SMILES string of the molecule is O=C(NC(c1ccccc1)c1ccccc1)c1ccccc1C(=O)OC[C@H]1O[C@H](Sc2ccccc2)[C@H](OCc2ccccc2)[C@@H](OCc2ccccc2)[C@@H]1OCc1ccccc1. The number of rotatable bonds is 18. The number of carbonyl (C=O) groups excluding carboxylic acids is 2. The van der Waals surface area contributed by atoms with Crippen molar-refractivity contribution in [3.63, 3.8) is 0 Å². The molecule has 0 radical (unpaired) electrons. The molecule has 1 aliphatic heterocycles. The van der Waals surface area contributed by atoms with Crippen LogP contribution in [0.2, 0.25) is 0 Å². The minimum atomic E-state index is -0.794. The smallest absolute Gasteiger partial charge is 0.339 e. The zero-order valence-electron chi connectivity index (χ0n) is 34.7. The highest BCUT2D eigenvalue weighted by molar-refractivity contribution is 7.99. The van der Waals surface area contributed by atoms with E-state index in [0.29, 0.717) is 6.61 Å². The molecule has 7 aromatic carbocycles. The van der Waals surface area contributed by atoms with Crippen molar-refractivity contribution in [2.75, 3.05) is 6.61 Å². The number of carbonyl (C=O) groups is 2. The molecule has 0 aliphatic carbocycles. The Bertz CT molecular complexity index is 2420. The van der Waals surface area contributed by atoms with Gasteiger partial charge in [-0.25, -0.2) is 4.79 Å². The molecule has 1 saturated heterocycles. The minimum Gasteiger partial charge on any atom is -0.459 e. The van der Waals surface area contributed by atoms with Crippen LogP contribution in [0, 0.1) is 0 Å². The molecule has 5 atom stereocenters. The molecule has 0 spiro atoms. The van der Waals surface area contributed by atoms with Crippen LogP contribution < -0.4 is 5.32 Å². The van der Waals surface area contributed by atoms with Crippen molar-refractivity contribution in [3.8, 4) is 0 Å². The molecule has 0 aromatic heterocycles. The van der Waals surface area contributed by atoms with Crippen molar-refractivity contribution in [2.24, 2.45) is 0 Å². The van der Waals surface area contributed by atoms with Crippen LogP contribution in [0.15, 0.2) is 211 Å². The van der Waals surface area contributed by atoms with Crippen LogP contribution in [0.3, 0.4) is 0 Å². The van der Waals surface area contributed by atoms with Gasteiger partial charge in [-0.3, -0.25) is 4.79 Å². The van der Waals surface area contributed by atoms with Gasteiger partial charge in [-0.05, 0) is 52.1 Å². The molecular formula is C54H49NO7S. The molecule has 9 heteroatoms. The number of nitrogens with one attached hydrogen (secondary N) is 1. The van der Waals surface area contributed by atoms with Gasteiger partial charge in [0.05, 0.1) is 37.0 Å². The maximum absolute atomic E-state index is 14.3. The molecule has 0 saturated carbocycles. The second-order valence-electron chi connectivity index (χ2n) is 15.1. The van der Waals surface area contributed by atoms with E-state index in [2.05, 4.69) is 5.32 Å². The number of hydrogen-bond acceptors (Lipinski definition) is 8. The largest absolute Gasteiger partial charge is 0.459 e. The summed E-state index contributed by atoms with van der Waals surface area (Å²) in [6, 6.07) is 65.6. The molecule has 1 amide bonds. The van der Waals surface area contributed by atoms with Gasteiger partial charge in [-0.2, -0.15) is 0 Å². The molecule has 7 aromatic rings. The summed E-state index contributed by atoms with van der Waals surface area (Å²) in [6.07, 6.45) is -2.82. The van der Waals surface area contributed by atoms with Crippen molar-refractivity contribution < 1.29 is 33.3 Å². The Balaban J connectivity index is 1.09. The number of hydrogen-bond donors (Lipinski definition) is 1. The molecule has 8 rings (SSSR count). The summed E-state index contributed by atoms with van der Waals surface area (Å²) in [5.41, 5.74) is 4.49. The summed E-state index contributed by atoms with van der Waals surface area (Å²) in [5.74, 6) is -1.08. The van der Waals surface area contributed by atoms with Gasteiger partial charge >= 0.3 is 5.97 Å². The highest BCUT2D eigenvalue weighted by atomic mass is 32.2. The molecule has 1 fully saturated rings. The first-order chi connectivity index (χ1) is 31.1. The summed E-state index contributed by atoms with van der Waals surface area (Å²) in [5, 5.41) is 3.17. The van der Waals surface area contributed by atoms with Crippen LogP contribution in [0.4, 0.5) is 0 Å². The highest BCUT2D eigenvalue weighted by Crippen LogP contribution is 2.38. The van der Waals surface area contributed by atoms with Crippen LogP contribution in [0.5, 0.6) is 0 Å². The van der Waals surface area contributed by atoms with E-state index in [9.17, 15) is 9.59 Å². The van der Waals surface area contributed by atoms with E-state index < -0.39 is 47.8 Å². The van der Waals surface area contributed by atoms with E-state index in [4.69, 9.17) is 23.7 Å². The lowest BCUT2D eigenvalue weighted by atomic mass is 9.97. The standard InChI is InChI=1S/C54H49NO7S/c56-52(55-48(42-27-13-4-14-28-42)43-29-15-5-16-30-43)45-33-19-20-34-46(45)53(57)61-38-47-49(58-35-39-21-7-1-8-22-39)50(59-36-40-23-9-2-10-24-40)51(60-37-41-25-11-3-12-26-41)54(62-47)63-44-31-17-6-18-32-44/h1-34,47-51,54H,35-38H2,(H,55,56)/t47-,49-,50+,51-,54-/m1/s1. The van der Waals surface area contributed by atoms with Crippen LogP contribution in [-0.4, -0.2) is 48.3 Å². The number of esters is 1. The second kappa shape index (κ2) is 22.2. The molecule has 1 aliphatic rings. The Hall–Kier alpha value is -6.33. The van der Waals surface area contributed by atoms with E-state index in [1.165, 1.54) is 11.8 Å². The molecule has 63 heavy (non-hydrogen) atoms. The molecule has 0 bridgehead atoms. The lowest BCUT2D eigenvalue weighted by molar-refractivity contribution is -0.251. The number of benzene rings is 7.